The zero-order valence-electron chi connectivity index (χ0n) is 18.5. The molecule has 7 nitrogen and oxygen atoms in total. The van der Waals surface area contributed by atoms with E-state index in [-0.39, 0.29) is 11.8 Å². The lowest BCUT2D eigenvalue weighted by atomic mass is 9.95. The Labute approximate surface area is 186 Å². The second-order valence-corrected chi connectivity index (χ2v) is 8.63. The smallest absolute Gasteiger partial charge is 0.425 e. The van der Waals surface area contributed by atoms with Gasteiger partial charge in [0.15, 0.2) is 6.10 Å². The molecule has 0 spiro atoms. The number of piperidine rings is 1. The van der Waals surface area contributed by atoms with Crippen LogP contribution in [0.4, 0.5) is 23.7 Å². The summed E-state index contributed by atoms with van der Waals surface area (Å²) >= 11 is 0. The average Bonchev–Trinajstić information content (AvgIpc) is 2.75. The summed E-state index contributed by atoms with van der Waals surface area (Å²) in [6.45, 7) is 6.80. The fourth-order valence-electron chi connectivity index (χ4n) is 4.13. The molecule has 0 radical (unpaired) electrons. The average molecular weight is 457 g/mol. The summed E-state index contributed by atoms with van der Waals surface area (Å²) in [5, 5.41) is 0. The van der Waals surface area contributed by atoms with E-state index in [1.807, 2.05) is 6.92 Å². The third kappa shape index (κ3) is 6.05. The first-order chi connectivity index (χ1) is 15.0. The van der Waals surface area contributed by atoms with Crippen LogP contribution < -0.4 is 10.6 Å². The number of carbonyl (C=O) groups is 2. The van der Waals surface area contributed by atoms with Crippen LogP contribution in [-0.4, -0.2) is 73.3 Å². The normalized spacial score (nSPS) is 19.7. The van der Waals surface area contributed by atoms with E-state index in [0.29, 0.717) is 32.7 Å². The molecule has 2 aliphatic rings. The van der Waals surface area contributed by atoms with Gasteiger partial charge in [0.2, 0.25) is 5.91 Å². The number of alkyl halides is 3. The van der Waals surface area contributed by atoms with Gasteiger partial charge < -0.3 is 20.3 Å². The fraction of sp³-hybridized carbons (Fsp3) is 0.636. The lowest BCUT2D eigenvalue weighted by Gasteiger charge is -2.37. The zero-order valence-corrected chi connectivity index (χ0v) is 18.5. The molecule has 2 amide bonds. The Morgan fingerprint density at radius 3 is 2.31 bits per heavy atom. The minimum Gasteiger partial charge on any atom is -0.437 e. The Balaban J connectivity index is 1.57. The van der Waals surface area contributed by atoms with Crippen molar-refractivity contribution in [3.05, 3.63) is 29.3 Å². The van der Waals surface area contributed by atoms with Crippen LogP contribution in [0.5, 0.6) is 0 Å². The molecule has 0 aliphatic carbocycles. The van der Waals surface area contributed by atoms with Crippen molar-refractivity contribution < 1.29 is 27.5 Å². The van der Waals surface area contributed by atoms with Crippen molar-refractivity contribution in [2.24, 2.45) is 11.7 Å². The number of amides is 2. The minimum atomic E-state index is -4.56. The zero-order chi connectivity index (χ0) is 23.5. The Hall–Kier alpha value is -2.49. The number of anilines is 1. The maximum atomic E-state index is 12.6. The molecule has 1 aromatic rings. The molecular weight excluding hydrogens is 425 g/mol. The maximum Gasteiger partial charge on any atom is 0.425 e. The van der Waals surface area contributed by atoms with Crippen LogP contribution in [0.15, 0.2) is 18.2 Å². The van der Waals surface area contributed by atoms with Gasteiger partial charge in [0.1, 0.15) is 0 Å². The van der Waals surface area contributed by atoms with Crippen LogP contribution >= 0.6 is 0 Å². The van der Waals surface area contributed by atoms with E-state index >= 15 is 0 Å². The highest BCUT2D eigenvalue weighted by atomic mass is 19.4. The number of piperazine rings is 1. The molecule has 3 rings (SSSR count). The van der Waals surface area contributed by atoms with E-state index in [1.54, 1.807) is 0 Å². The Kier molecular flexibility index (Phi) is 7.53. The minimum absolute atomic E-state index is 0.0765. The molecule has 2 fully saturated rings. The molecule has 10 heteroatoms. The van der Waals surface area contributed by atoms with Gasteiger partial charge in [0, 0.05) is 57.4 Å². The molecule has 2 heterocycles. The van der Waals surface area contributed by atoms with Gasteiger partial charge in [-0.25, -0.2) is 4.79 Å². The third-order valence-corrected chi connectivity index (χ3v) is 6.24. The number of nitrogens with zero attached hydrogens (tertiary/aromatic N) is 3. The Morgan fingerprint density at radius 1 is 1.12 bits per heavy atom. The monoisotopic (exact) mass is 456 g/mol. The highest BCUT2D eigenvalue weighted by Crippen LogP contribution is 2.29. The van der Waals surface area contributed by atoms with Gasteiger partial charge in [-0.05, 0) is 43.9 Å². The van der Waals surface area contributed by atoms with Crippen LogP contribution in [-0.2, 0) is 16.1 Å². The molecule has 32 heavy (non-hydrogen) atoms. The molecule has 178 valence electrons. The van der Waals surface area contributed by atoms with Gasteiger partial charge >= 0.3 is 12.3 Å². The van der Waals surface area contributed by atoms with Gasteiger partial charge in [0.05, 0.1) is 0 Å². The molecule has 2 N–H and O–H groups in total. The summed E-state index contributed by atoms with van der Waals surface area (Å²) in [6.07, 6.45) is -6.14. The van der Waals surface area contributed by atoms with Crippen LogP contribution in [0.2, 0.25) is 0 Å². The molecular formula is C22H31F3N4O3. The number of rotatable bonds is 5. The lowest BCUT2D eigenvalue weighted by Crippen LogP contribution is -2.49. The van der Waals surface area contributed by atoms with Crippen molar-refractivity contribution in [3.8, 4) is 0 Å². The van der Waals surface area contributed by atoms with E-state index in [2.05, 4.69) is 32.7 Å². The number of carbonyl (C=O) groups excluding carboxylic acids is 2. The molecule has 2 saturated heterocycles. The van der Waals surface area contributed by atoms with Gasteiger partial charge in [-0.1, -0.05) is 12.1 Å². The molecule has 1 aromatic carbocycles. The first kappa shape index (κ1) is 24.2. The number of hydrogen-bond acceptors (Lipinski definition) is 5. The second kappa shape index (κ2) is 9.97. The van der Waals surface area contributed by atoms with Crippen molar-refractivity contribution in [2.75, 3.05) is 44.2 Å². The topological polar surface area (TPSA) is 79.1 Å². The first-order valence-corrected chi connectivity index (χ1v) is 10.9. The van der Waals surface area contributed by atoms with Crippen molar-refractivity contribution in [1.82, 2.24) is 9.80 Å². The molecule has 2 aliphatic heterocycles. The van der Waals surface area contributed by atoms with Crippen LogP contribution in [0, 0.1) is 12.8 Å². The summed E-state index contributed by atoms with van der Waals surface area (Å²) in [4.78, 5) is 29.3. The van der Waals surface area contributed by atoms with Crippen molar-refractivity contribution in [2.45, 2.75) is 45.5 Å². The van der Waals surface area contributed by atoms with E-state index < -0.39 is 18.4 Å². The summed E-state index contributed by atoms with van der Waals surface area (Å²) in [5.74, 6) is -0.317. The van der Waals surface area contributed by atoms with Gasteiger partial charge in [-0.2, -0.15) is 13.2 Å². The number of halogens is 3. The van der Waals surface area contributed by atoms with Crippen molar-refractivity contribution in [1.29, 1.82) is 0 Å². The van der Waals surface area contributed by atoms with E-state index in [0.717, 1.165) is 49.7 Å². The number of ether oxygens (including phenoxy) is 1. The van der Waals surface area contributed by atoms with Crippen molar-refractivity contribution >= 4 is 17.7 Å². The van der Waals surface area contributed by atoms with Gasteiger partial charge in [-0.15, -0.1) is 0 Å². The third-order valence-electron chi connectivity index (χ3n) is 6.24. The van der Waals surface area contributed by atoms with Crippen LogP contribution in [0.1, 0.15) is 30.9 Å². The molecule has 1 atom stereocenters. The van der Waals surface area contributed by atoms with E-state index in [1.165, 1.54) is 4.90 Å². The second-order valence-electron chi connectivity index (χ2n) is 8.63. The quantitative estimate of drug-likeness (QED) is 0.737. The standard InChI is InChI=1S/C22H31F3N4O3/c1-15-3-4-18(19(13-15)28-7-5-17(6-8-28)20(26)30)14-27-9-11-29(12-10-27)21(31)32-16(2)22(23,24)25/h3-4,13,16-17H,5-12,14H2,1-2H3,(H2,26,30). The van der Waals surface area contributed by atoms with Crippen LogP contribution in [0.3, 0.4) is 0 Å². The highest BCUT2D eigenvalue weighted by Gasteiger charge is 2.40. The van der Waals surface area contributed by atoms with E-state index in [9.17, 15) is 22.8 Å². The van der Waals surface area contributed by atoms with E-state index in [4.69, 9.17) is 5.73 Å². The lowest BCUT2D eigenvalue weighted by molar-refractivity contribution is -0.200. The highest BCUT2D eigenvalue weighted by molar-refractivity contribution is 5.77. The van der Waals surface area contributed by atoms with Crippen LogP contribution in [0.25, 0.3) is 0 Å². The number of benzene rings is 1. The Bertz CT molecular complexity index is 817. The molecule has 0 aromatic heterocycles. The molecule has 0 saturated carbocycles. The maximum absolute atomic E-state index is 12.6. The number of nitrogens with two attached hydrogens (primary N) is 1. The van der Waals surface area contributed by atoms with Gasteiger partial charge in [0.25, 0.3) is 0 Å². The number of aryl methyl sites for hydroxylation is 1. The summed E-state index contributed by atoms with van der Waals surface area (Å²) in [5.41, 5.74) is 8.88. The molecule has 1 unspecified atom stereocenters. The largest absolute Gasteiger partial charge is 0.437 e. The molecule has 0 bridgehead atoms. The van der Waals surface area contributed by atoms with Gasteiger partial charge in [-0.3, -0.25) is 9.69 Å². The summed E-state index contributed by atoms with van der Waals surface area (Å²) < 4.78 is 42.4. The SMILES string of the molecule is Cc1ccc(CN2CCN(C(=O)OC(C)C(F)(F)F)CC2)c(N2CCC(C(N)=O)CC2)c1. The number of primary amides is 1. The fourth-order valence-corrected chi connectivity index (χ4v) is 4.13. The predicted octanol–water partition coefficient (Wildman–Crippen LogP) is 2.90. The summed E-state index contributed by atoms with van der Waals surface area (Å²) in [7, 11) is 0. The summed E-state index contributed by atoms with van der Waals surface area (Å²) in [6, 6.07) is 6.30. The predicted molar refractivity (Wildman–Crippen MR) is 114 cm³/mol. The van der Waals surface area contributed by atoms with Crippen molar-refractivity contribution in [3.63, 3.8) is 0 Å². The Morgan fingerprint density at radius 2 is 1.75 bits per heavy atom. The number of hydrogen-bond donors (Lipinski definition) is 1. The first-order valence-electron chi connectivity index (χ1n) is 10.9.